The number of anilines is 1. The van der Waals surface area contributed by atoms with Crippen molar-refractivity contribution in [3.63, 3.8) is 0 Å². The summed E-state index contributed by atoms with van der Waals surface area (Å²) in [6.45, 7) is 3.97. The number of nitrogens with zero attached hydrogens (tertiary/aromatic N) is 4. The molecule has 0 aliphatic carbocycles. The Balaban J connectivity index is 1.82. The highest BCUT2D eigenvalue weighted by Crippen LogP contribution is 2.07. The zero-order valence-corrected chi connectivity index (χ0v) is 8.36. The number of aromatic nitrogens is 4. The summed E-state index contributed by atoms with van der Waals surface area (Å²) in [7, 11) is 1.75. The minimum absolute atomic E-state index is 0.471. The smallest absolute Gasteiger partial charge is 0.263 e. The molecule has 2 heterocycles. The lowest BCUT2D eigenvalue weighted by Gasteiger charge is -2.12. The number of aryl methyl sites for hydroxylation is 1. The van der Waals surface area contributed by atoms with Crippen molar-refractivity contribution in [2.75, 3.05) is 18.4 Å². The highest BCUT2D eigenvalue weighted by molar-refractivity contribution is 5.19. The van der Waals surface area contributed by atoms with Crippen LogP contribution in [0.25, 0.3) is 0 Å². The first-order valence-corrected chi connectivity index (χ1v) is 4.72. The van der Waals surface area contributed by atoms with Crippen molar-refractivity contribution in [3.8, 4) is 0 Å². The van der Waals surface area contributed by atoms with Crippen molar-refractivity contribution in [1.29, 1.82) is 0 Å². The van der Waals surface area contributed by atoms with E-state index in [0.29, 0.717) is 17.9 Å². The Kier molecular flexibility index (Phi) is 2.60. The Hall–Kier alpha value is -1.21. The van der Waals surface area contributed by atoms with Gasteiger partial charge in [0.2, 0.25) is 0 Å². The van der Waals surface area contributed by atoms with Crippen LogP contribution >= 0.6 is 0 Å². The predicted octanol–water partition coefficient (Wildman–Crippen LogP) is -1.27. The zero-order valence-electron chi connectivity index (χ0n) is 8.36. The Bertz CT molecular complexity index is 296. The molecule has 2 atom stereocenters. The maximum atomic E-state index is 4.04. The predicted molar refractivity (Wildman–Crippen MR) is 51.4 cm³/mol. The Morgan fingerprint density at radius 3 is 3.07 bits per heavy atom. The van der Waals surface area contributed by atoms with Gasteiger partial charge < -0.3 is 5.32 Å². The number of hydrogen-bond acceptors (Lipinski definition) is 6. The van der Waals surface area contributed by atoms with Gasteiger partial charge in [-0.15, -0.1) is 5.10 Å². The monoisotopic (exact) mass is 197 g/mol. The fraction of sp³-hybridized carbons (Fsp3) is 0.857. The summed E-state index contributed by atoms with van der Waals surface area (Å²) in [4.78, 5) is 1.44. The maximum absolute atomic E-state index is 4.04. The molecule has 1 aliphatic heterocycles. The van der Waals surface area contributed by atoms with Crippen LogP contribution in [-0.2, 0) is 7.05 Å². The zero-order chi connectivity index (χ0) is 9.97. The van der Waals surface area contributed by atoms with Gasteiger partial charge in [0.05, 0.1) is 7.05 Å². The van der Waals surface area contributed by atoms with Gasteiger partial charge in [-0.05, 0) is 12.1 Å². The van der Waals surface area contributed by atoms with E-state index >= 15 is 0 Å². The van der Waals surface area contributed by atoms with Crippen LogP contribution in [-0.4, -0.2) is 39.3 Å². The SMILES string of the molecule is CC1NNCC1CNc1nnn(C)n1. The molecular weight excluding hydrogens is 182 g/mol. The molecule has 1 saturated heterocycles. The Labute approximate surface area is 82.2 Å². The van der Waals surface area contributed by atoms with Crippen LogP contribution < -0.4 is 16.2 Å². The van der Waals surface area contributed by atoms with Crippen LogP contribution in [0.5, 0.6) is 0 Å². The van der Waals surface area contributed by atoms with E-state index in [4.69, 9.17) is 0 Å². The molecule has 1 aliphatic rings. The molecule has 3 N–H and O–H groups in total. The van der Waals surface area contributed by atoms with Gasteiger partial charge >= 0.3 is 0 Å². The largest absolute Gasteiger partial charge is 0.351 e. The second-order valence-corrected chi connectivity index (χ2v) is 3.56. The van der Waals surface area contributed by atoms with Crippen LogP contribution in [0, 0.1) is 5.92 Å². The lowest BCUT2D eigenvalue weighted by atomic mass is 10.0. The van der Waals surface area contributed by atoms with E-state index < -0.39 is 0 Å². The molecule has 78 valence electrons. The topological polar surface area (TPSA) is 79.7 Å². The molecule has 1 fully saturated rings. The first-order valence-electron chi connectivity index (χ1n) is 4.72. The lowest BCUT2D eigenvalue weighted by molar-refractivity contribution is 0.508. The summed E-state index contributed by atoms with van der Waals surface area (Å²) >= 11 is 0. The summed E-state index contributed by atoms with van der Waals surface area (Å²) in [6.07, 6.45) is 0. The molecule has 1 aromatic heterocycles. The highest BCUT2D eigenvalue weighted by atomic mass is 15.6. The van der Waals surface area contributed by atoms with Gasteiger partial charge in [0.1, 0.15) is 0 Å². The molecule has 7 heteroatoms. The molecule has 0 saturated carbocycles. The first kappa shape index (κ1) is 9.35. The number of hydrazine groups is 1. The van der Waals surface area contributed by atoms with Gasteiger partial charge in [-0.3, -0.25) is 10.9 Å². The van der Waals surface area contributed by atoms with Crippen molar-refractivity contribution < 1.29 is 0 Å². The van der Waals surface area contributed by atoms with Gasteiger partial charge in [-0.2, -0.15) is 4.80 Å². The summed E-state index contributed by atoms with van der Waals surface area (Å²) in [5.74, 6) is 1.14. The number of rotatable bonds is 3. The molecule has 1 aromatic rings. The third kappa shape index (κ3) is 1.99. The fourth-order valence-electron chi connectivity index (χ4n) is 1.47. The molecule has 2 unspecified atom stereocenters. The van der Waals surface area contributed by atoms with Gasteiger partial charge in [0.25, 0.3) is 5.95 Å². The van der Waals surface area contributed by atoms with Crippen LogP contribution in [0.1, 0.15) is 6.92 Å². The van der Waals surface area contributed by atoms with Crippen molar-refractivity contribution >= 4 is 5.95 Å². The molecule has 0 spiro atoms. The number of hydrogen-bond donors (Lipinski definition) is 3. The van der Waals surface area contributed by atoms with E-state index in [2.05, 4.69) is 38.5 Å². The molecular formula is C7H15N7. The minimum atomic E-state index is 0.471. The number of tetrazole rings is 1. The van der Waals surface area contributed by atoms with Crippen LogP contribution in [0.4, 0.5) is 5.95 Å². The highest BCUT2D eigenvalue weighted by Gasteiger charge is 2.22. The van der Waals surface area contributed by atoms with Gasteiger partial charge in [0.15, 0.2) is 0 Å². The standard InChI is InChI=1S/C7H15N7/c1-5-6(4-9-10-5)3-8-7-11-13-14(2)12-7/h5-6,9-10H,3-4H2,1-2H3,(H,8,12). The van der Waals surface area contributed by atoms with E-state index in [9.17, 15) is 0 Å². The van der Waals surface area contributed by atoms with E-state index in [1.165, 1.54) is 4.80 Å². The van der Waals surface area contributed by atoms with Crippen molar-refractivity contribution in [2.24, 2.45) is 13.0 Å². The molecule has 7 nitrogen and oxygen atoms in total. The molecule has 0 bridgehead atoms. The van der Waals surface area contributed by atoms with Gasteiger partial charge in [-0.25, -0.2) is 0 Å². The van der Waals surface area contributed by atoms with Crippen LogP contribution in [0.3, 0.4) is 0 Å². The summed E-state index contributed by atoms with van der Waals surface area (Å²) in [5, 5.41) is 14.8. The molecule has 0 radical (unpaired) electrons. The quantitative estimate of drug-likeness (QED) is 0.561. The fourth-order valence-corrected chi connectivity index (χ4v) is 1.47. The molecule has 2 rings (SSSR count). The van der Waals surface area contributed by atoms with E-state index in [1.807, 2.05) is 0 Å². The second-order valence-electron chi connectivity index (χ2n) is 3.56. The third-order valence-electron chi connectivity index (χ3n) is 2.43. The molecule has 14 heavy (non-hydrogen) atoms. The minimum Gasteiger partial charge on any atom is -0.351 e. The Morgan fingerprint density at radius 2 is 2.50 bits per heavy atom. The Morgan fingerprint density at radius 1 is 1.64 bits per heavy atom. The average Bonchev–Trinajstić information content (AvgIpc) is 2.72. The van der Waals surface area contributed by atoms with Crippen LogP contribution in [0.15, 0.2) is 0 Å². The van der Waals surface area contributed by atoms with E-state index in [0.717, 1.165) is 13.1 Å². The van der Waals surface area contributed by atoms with Gasteiger partial charge in [0, 0.05) is 25.0 Å². The first-order chi connectivity index (χ1) is 6.75. The third-order valence-corrected chi connectivity index (χ3v) is 2.43. The molecule has 0 aromatic carbocycles. The van der Waals surface area contributed by atoms with Gasteiger partial charge in [-0.1, -0.05) is 5.10 Å². The average molecular weight is 197 g/mol. The summed E-state index contributed by atoms with van der Waals surface area (Å²) in [6, 6.07) is 0.471. The van der Waals surface area contributed by atoms with E-state index in [-0.39, 0.29) is 0 Å². The lowest BCUT2D eigenvalue weighted by Crippen LogP contribution is -2.30. The normalized spacial score (nSPS) is 26.7. The summed E-state index contributed by atoms with van der Waals surface area (Å²) < 4.78 is 0. The van der Waals surface area contributed by atoms with Crippen molar-refractivity contribution in [2.45, 2.75) is 13.0 Å². The molecule has 0 amide bonds. The second kappa shape index (κ2) is 3.89. The van der Waals surface area contributed by atoms with E-state index in [1.54, 1.807) is 7.05 Å². The number of nitrogens with one attached hydrogen (secondary N) is 3. The van der Waals surface area contributed by atoms with Crippen molar-refractivity contribution in [3.05, 3.63) is 0 Å². The maximum Gasteiger partial charge on any atom is 0.263 e. The van der Waals surface area contributed by atoms with Crippen molar-refractivity contribution in [1.82, 2.24) is 31.1 Å². The summed E-state index contributed by atoms with van der Waals surface area (Å²) in [5.41, 5.74) is 6.27. The van der Waals surface area contributed by atoms with Crippen LogP contribution in [0.2, 0.25) is 0 Å².